The first-order valence-corrected chi connectivity index (χ1v) is 11.5. The highest BCUT2D eigenvalue weighted by Crippen LogP contribution is 2.44. The predicted octanol–water partition coefficient (Wildman–Crippen LogP) is 4.50. The first-order valence-electron chi connectivity index (χ1n) is 11.5. The number of hydrazine groups is 1. The lowest BCUT2D eigenvalue weighted by molar-refractivity contribution is -0.124. The minimum atomic E-state index is -0.884. The zero-order valence-corrected chi connectivity index (χ0v) is 20.3. The van der Waals surface area contributed by atoms with Crippen molar-refractivity contribution in [3.8, 4) is 11.1 Å². The lowest BCUT2D eigenvalue weighted by Gasteiger charge is -2.22. The highest BCUT2D eigenvalue weighted by molar-refractivity contribution is 5.87. The second-order valence-corrected chi connectivity index (χ2v) is 9.77. The number of hydrogen-bond acceptors (Lipinski definition) is 5. The lowest BCUT2D eigenvalue weighted by Crippen LogP contribution is -2.53. The molecule has 2 aromatic rings. The number of hydrogen-bond donors (Lipinski definition) is 3. The van der Waals surface area contributed by atoms with Crippen LogP contribution in [0, 0.1) is 5.92 Å². The van der Waals surface area contributed by atoms with Crippen molar-refractivity contribution < 1.29 is 23.9 Å². The fraction of sp³-hybridized carbons (Fsp3) is 0.423. The first kappa shape index (κ1) is 25.1. The average Bonchev–Trinajstić information content (AvgIpc) is 3.08. The fourth-order valence-electron chi connectivity index (χ4n) is 3.99. The van der Waals surface area contributed by atoms with Crippen LogP contribution in [0.3, 0.4) is 0 Å². The van der Waals surface area contributed by atoms with Crippen LogP contribution in [0.1, 0.15) is 58.1 Å². The Kier molecular flexibility index (Phi) is 7.81. The molecule has 1 aliphatic rings. The number of amides is 3. The van der Waals surface area contributed by atoms with Gasteiger partial charge in [0.1, 0.15) is 18.2 Å². The summed E-state index contributed by atoms with van der Waals surface area (Å²) < 4.78 is 10.7. The van der Waals surface area contributed by atoms with Crippen LogP contribution in [0.2, 0.25) is 0 Å². The Morgan fingerprint density at radius 3 is 1.97 bits per heavy atom. The number of carbonyl (C=O) groups excluding carboxylic acids is 3. The first-order chi connectivity index (χ1) is 16.0. The monoisotopic (exact) mass is 467 g/mol. The van der Waals surface area contributed by atoms with Crippen molar-refractivity contribution in [3.05, 3.63) is 59.7 Å². The smallest absolute Gasteiger partial charge is 0.426 e. The minimum absolute atomic E-state index is 0.0793. The van der Waals surface area contributed by atoms with Gasteiger partial charge in [-0.1, -0.05) is 62.4 Å². The van der Waals surface area contributed by atoms with Crippen LogP contribution in [0.4, 0.5) is 9.59 Å². The second kappa shape index (κ2) is 10.6. The van der Waals surface area contributed by atoms with E-state index in [-0.39, 0.29) is 18.4 Å². The van der Waals surface area contributed by atoms with Gasteiger partial charge in [-0.15, -0.1) is 0 Å². The Morgan fingerprint density at radius 2 is 1.44 bits per heavy atom. The van der Waals surface area contributed by atoms with Crippen LogP contribution in [0.5, 0.6) is 0 Å². The Balaban J connectivity index is 1.60. The van der Waals surface area contributed by atoms with Crippen LogP contribution in [0.25, 0.3) is 11.1 Å². The predicted molar refractivity (Wildman–Crippen MR) is 129 cm³/mol. The standard InChI is InChI=1S/C26H33N3O5/c1-16(2)14-22(23(30)28-29-25(32)34-26(3,4)5)27-24(31)33-15-21-19-12-8-6-10-17(19)18-11-7-9-13-20(18)21/h6-13,16,21-22H,14-15H2,1-5H3,(H,27,31)(H,28,30)(H,29,32)/t22-/m0/s1. The molecule has 0 unspecified atom stereocenters. The van der Waals surface area contributed by atoms with E-state index in [9.17, 15) is 14.4 Å². The summed E-state index contributed by atoms with van der Waals surface area (Å²) in [5, 5.41) is 2.63. The molecular formula is C26H33N3O5. The van der Waals surface area contributed by atoms with Crippen LogP contribution < -0.4 is 16.2 Å². The molecular weight excluding hydrogens is 434 g/mol. The Hall–Kier alpha value is -3.55. The molecule has 1 atom stereocenters. The van der Waals surface area contributed by atoms with Crippen molar-refractivity contribution in [2.75, 3.05) is 6.61 Å². The summed E-state index contributed by atoms with van der Waals surface area (Å²) in [6.07, 6.45) is -1.11. The number of carbonyl (C=O) groups is 3. The molecule has 3 rings (SSSR count). The third-order valence-corrected chi connectivity index (χ3v) is 5.35. The van der Waals surface area contributed by atoms with Gasteiger partial charge in [-0.05, 0) is 55.4 Å². The Bertz CT molecular complexity index is 999. The van der Waals surface area contributed by atoms with E-state index in [1.54, 1.807) is 20.8 Å². The highest BCUT2D eigenvalue weighted by Gasteiger charge is 2.30. The van der Waals surface area contributed by atoms with Crippen molar-refractivity contribution >= 4 is 18.1 Å². The molecule has 182 valence electrons. The van der Waals surface area contributed by atoms with Crippen LogP contribution in [0.15, 0.2) is 48.5 Å². The molecule has 8 heteroatoms. The summed E-state index contributed by atoms with van der Waals surface area (Å²) in [5.41, 5.74) is 8.30. The molecule has 8 nitrogen and oxygen atoms in total. The van der Waals surface area contributed by atoms with Gasteiger partial charge in [-0.2, -0.15) is 0 Å². The summed E-state index contributed by atoms with van der Waals surface area (Å²) in [6, 6.07) is 15.3. The van der Waals surface area contributed by atoms with E-state index in [0.29, 0.717) is 6.42 Å². The van der Waals surface area contributed by atoms with Crippen molar-refractivity contribution in [1.82, 2.24) is 16.2 Å². The number of ether oxygens (including phenoxy) is 2. The van der Waals surface area contributed by atoms with Gasteiger partial charge in [0.15, 0.2) is 0 Å². The fourth-order valence-corrected chi connectivity index (χ4v) is 3.99. The van der Waals surface area contributed by atoms with Crippen molar-refractivity contribution in [2.45, 2.75) is 58.6 Å². The van der Waals surface area contributed by atoms with Gasteiger partial charge < -0.3 is 14.8 Å². The number of benzene rings is 2. The van der Waals surface area contributed by atoms with Crippen molar-refractivity contribution in [1.29, 1.82) is 0 Å². The molecule has 34 heavy (non-hydrogen) atoms. The summed E-state index contributed by atoms with van der Waals surface area (Å²) >= 11 is 0. The molecule has 1 aliphatic carbocycles. The molecule has 0 saturated heterocycles. The van der Waals surface area contributed by atoms with E-state index in [1.165, 1.54) is 0 Å². The molecule has 0 bridgehead atoms. The Labute approximate surface area is 200 Å². The molecule has 0 spiro atoms. The van der Waals surface area contributed by atoms with Crippen molar-refractivity contribution in [3.63, 3.8) is 0 Å². The molecule has 0 heterocycles. The molecule has 3 amide bonds. The molecule has 0 fully saturated rings. The number of alkyl carbamates (subject to hydrolysis) is 1. The molecule has 0 aliphatic heterocycles. The Morgan fingerprint density at radius 1 is 0.882 bits per heavy atom. The molecule has 3 N–H and O–H groups in total. The van der Waals surface area contributed by atoms with Crippen LogP contribution in [-0.4, -0.2) is 36.3 Å². The molecule has 0 aromatic heterocycles. The number of rotatable bonds is 6. The van der Waals surface area contributed by atoms with E-state index in [0.717, 1.165) is 22.3 Å². The van der Waals surface area contributed by atoms with E-state index in [1.807, 2.05) is 50.2 Å². The second-order valence-electron chi connectivity index (χ2n) is 9.77. The van der Waals surface area contributed by atoms with E-state index >= 15 is 0 Å². The summed E-state index contributed by atoms with van der Waals surface area (Å²) in [5.74, 6) is -0.524. The minimum Gasteiger partial charge on any atom is -0.449 e. The van der Waals surface area contributed by atoms with Gasteiger partial charge in [0, 0.05) is 5.92 Å². The van der Waals surface area contributed by atoms with Gasteiger partial charge >= 0.3 is 12.2 Å². The third-order valence-electron chi connectivity index (χ3n) is 5.35. The summed E-state index contributed by atoms with van der Waals surface area (Å²) in [7, 11) is 0. The van der Waals surface area contributed by atoms with E-state index in [2.05, 4.69) is 28.3 Å². The highest BCUT2D eigenvalue weighted by atomic mass is 16.6. The normalized spacial score (nSPS) is 13.5. The van der Waals surface area contributed by atoms with E-state index in [4.69, 9.17) is 9.47 Å². The average molecular weight is 468 g/mol. The lowest BCUT2D eigenvalue weighted by atomic mass is 9.98. The maximum atomic E-state index is 12.6. The van der Waals surface area contributed by atoms with Gasteiger partial charge in [0.05, 0.1) is 0 Å². The molecule has 2 aromatic carbocycles. The number of fused-ring (bicyclic) bond motifs is 3. The van der Waals surface area contributed by atoms with Gasteiger partial charge in [-0.3, -0.25) is 10.2 Å². The quantitative estimate of drug-likeness (QED) is 0.543. The summed E-state index contributed by atoms with van der Waals surface area (Å²) in [4.78, 5) is 37.1. The summed E-state index contributed by atoms with van der Waals surface area (Å²) in [6.45, 7) is 9.16. The zero-order chi connectivity index (χ0) is 24.9. The third kappa shape index (κ3) is 6.50. The maximum absolute atomic E-state index is 12.6. The van der Waals surface area contributed by atoms with Crippen LogP contribution >= 0.6 is 0 Å². The maximum Gasteiger partial charge on any atom is 0.426 e. The largest absolute Gasteiger partial charge is 0.449 e. The SMILES string of the molecule is CC(C)C[C@H](NC(=O)OCC1c2ccccc2-c2ccccc21)C(=O)NNC(=O)OC(C)(C)C. The van der Waals surface area contributed by atoms with Gasteiger partial charge in [-0.25, -0.2) is 15.0 Å². The zero-order valence-electron chi connectivity index (χ0n) is 20.3. The van der Waals surface area contributed by atoms with Crippen molar-refractivity contribution in [2.24, 2.45) is 5.92 Å². The number of nitrogens with one attached hydrogen (secondary N) is 3. The van der Waals surface area contributed by atoms with E-state index < -0.39 is 29.7 Å². The topological polar surface area (TPSA) is 106 Å². The molecule has 0 radical (unpaired) electrons. The van der Waals surface area contributed by atoms with Crippen LogP contribution in [-0.2, 0) is 14.3 Å². The van der Waals surface area contributed by atoms with Gasteiger partial charge in [0.2, 0.25) is 0 Å². The molecule has 0 saturated carbocycles. The van der Waals surface area contributed by atoms with Gasteiger partial charge in [0.25, 0.3) is 5.91 Å².